The van der Waals surface area contributed by atoms with E-state index < -0.39 is 15.9 Å². The number of carbonyl (C=O) groups excluding carboxylic acids is 1. The van der Waals surface area contributed by atoms with Crippen molar-refractivity contribution in [1.82, 2.24) is 4.31 Å². The number of sulfonamides is 1. The van der Waals surface area contributed by atoms with Gasteiger partial charge in [0.1, 0.15) is 5.75 Å². The number of nitrogens with zero attached hydrogens (tertiary/aromatic N) is 1. The molecule has 3 rings (SSSR count). The van der Waals surface area contributed by atoms with Crippen molar-refractivity contribution in [3.63, 3.8) is 0 Å². The molecular weight excluding hydrogens is 444 g/mol. The van der Waals surface area contributed by atoms with Gasteiger partial charge < -0.3 is 19.5 Å². The van der Waals surface area contributed by atoms with Crippen LogP contribution < -0.4 is 19.5 Å². The minimum atomic E-state index is -3.96. The fourth-order valence-corrected chi connectivity index (χ4v) is 4.57. The topological polar surface area (TPSA) is 94.2 Å². The smallest absolute Gasteiger partial charge is 0.243 e. The van der Waals surface area contributed by atoms with Gasteiger partial charge in [-0.15, -0.1) is 0 Å². The van der Waals surface area contributed by atoms with Gasteiger partial charge in [-0.1, -0.05) is 30.3 Å². The Morgan fingerprint density at radius 1 is 0.848 bits per heavy atom. The first-order valence-electron chi connectivity index (χ1n) is 10.1. The Morgan fingerprint density at radius 3 is 2.12 bits per heavy atom. The van der Waals surface area contributed by atoms with Crippen molar-refractivity contribution in [3.8, 4) is 17.2 Å². The van der Waals surface area contributed by atoms with Crippen LogP contribution in [0.15, 0.2) is 77.7 Å². The van der Waals surface area contributed by atoms with Gasteiger partial charge in [0.05, 0.1) is 32.8 Å². The molecule has 0 heterocycles. The number of carbonyl (C=O) groups is 1. The van der Waals surface area contributed by atoms with Gasteiger partial charge in [-0.3, -0.25) is 4.79 Å². The van der Waals surface area contributed by atoms with Crippen molar-refractivity contribution < 1.29 is 27.4 Å². The fourth-order valence-electron chi connectivity index (χ4n) is 3.18. The lowest BCUT2D eigenvalue weighted by Crippen LogP contribution is -2.37. The van der Waals surface area contributed by atoms with E-state index in [2.05, 4.69) is 5.32 Å². The largest absolute Gasteiger partial charge is 0.497 e. The zero-order valence-electron chi connectivity index (χ0n) is 18.6. The van der Waals surface area contributed by atoms with Crippen LogP contribution in [-0.4, -0.2) is 46.5 Å². The number of rotatable bonds is 10. The molecule has 0 saturated carbocycles. The molecule has 0 spiro atoms. The molecule has 33 heavy (non-hydrogen) atoms. The van der Waals surface area contributed by atoms with Crippen molar-refractivity contribution in [2.24, 2.45) is 0 Å². The van der Waals surface area contributed by atoms with Crippen LogP contribution in [0.4, 0.5) is 5.69 Å². The number of ether oxygens (including phenoxy) is 3. The van der Waals surface area contributed by atoms with Gasteiger partial charge in [-0.05, 0) is 42.0 Å². The maximum Gasteiger partial charge on any atom is 0.243 e. The highest BCUT2D eigenvalue weighted by Gasteiger charge is 2.27. The molecule has 3 aromatic carbocycles. The minimum absolute atomic E-state index is 0.0363. The summed E-state index contributed by atoms with van der Waals surface area (Å²) in [5.74, 6) is 1.01. The number of hydrogen-bond donors (Lipinski definition) is 1. The maximum absolute atomic E-state index is 13.4. The van der Waals surface area contributed by atoms with Crippen LogP contribution in [0.5, 0.6) is 17.2 Å². The Morgan fingerprint density at radius 2 is 1.52 bits per heavy atom. The maximum atomic E-state index is 13.4. The second-order valence-electron chi connectivity index (χ2n) is 7.05. The molecule has 0 aliphatic rings. The molecule has 9 heteroatoms. The lowest BCUT2D eigenvalue weighted by molar-refractivity contribution is -0.116. The van der Waals surface area contributed by atoms with Gasteiger partial charge in [0.15, 0.2) is 11.5 Å². The summed E-state index contributed by atoms with van der Waals surface area (Å²) >= 11 is 0. The zero-order valence-corrected chi connectivity index (χ0v) is 19.5. The molecule has 1 amide bonds. The lowest BCUT2D eigenvalue weighted by atomic mass is 10.2. The average Bonchev–Trinajstić information content (AvgIpc) is 2.84. The SMILES string of the molecule is COc1ccc(S(=O)(=O)N(CC(=O)Nc2ccc(OC)c(OC)c2)Cc2ccccc2)cc1. The van der Waals surface area contributed by atoms with Crippen molar-refractivity contribution in [2.75, 3.05) is 33.2 Å². The molecule has 0 fully saturated rings. The summed E-state index contributed by atoms with van der Waals surface area (Å²) in [7, 11) is 0.549. The Labute approximate surface area is 193 Å². The van der Waals surface area contributed by atoms with E-state index in [1.165, 1.54) is 33.5 Å². The predicted octanol–water partition coefficient (Wildman–Crippen LogP) is 3.54. The van der Waals surface area contributed by atoms with E-state index in [0.717, 1.165) is 9.87 Å². The van der Waals surface area contributed by atoms with Crippen molar-refractivity contribution in [2.45, 2.75) is 11.4 Å². The summed E-state index contributed by atoms with van der Waals surface area (Å²) in [4.78, 5) is 12.9. The quantitative estimate of drug-likeness (QED) is 0.487. The minimum Gasteiger partial charge on any atom is -0.497 e. The van der Waals surface area contributed by atoms with Gasteiger partial charge in [0, 0.05) is 18.3 Å². The van der Waals surface area contributed by atoms with Gasteiger partial charge >= 0.3 is 0 Å². The zero-order chi connectivity index (χ0) is 23.8. The molecule has 8 nitrogen and oxygen atoms in total. The summed E-state index contributed by atoms with van der Waals surface area (Å²) in [5.41, 5.74) is 1.22. The van der Waals surface area contributed by atoms with E-state index >= 15 is 0 Å². The molecule has 0 unspecified atom stereocenters. The summed E-state index contributed by atoms with van der Waals surface area (Å²) in [6.45, 7) is -0.341. The predicted molar refractivity (Wildman–Crippen MR) is 125 cm³/mol. The molecule has 0 aliphatic heterocycles. The summed E-state index contributed by atoms with van der Waals surface area (Å²) in [6, 6.07) is 20.1. The summed E-state index contributed by atoms with van der Waals surface area (Å²) in [5, 5.41) is 2.73. The molecule has 0 aliphatic carbocycles. The first kappa shape index (κ1) is 24.1. The third-order valence-electron chi connectivity index (χ3n) is 4.89. The fraction of sp³-hybridized carbons (Fsp3) is 0.208. The lowest BCUT2D eigenvalue weighted by Gasteiger charge is -2.22. The van der Waals surface area contributed by atoms with Gasteiger partial charge in [-0.2, -0.15) is 4.31 Å². The second-order valence-corrected chi connectivity index (χ2v) is 8.99. The molecule has 0 saturated heterocycles. The number of amides is 1. The van der Waals surface area contributed by atoms with Gasteiger partial charge in [0.2, 0.25) is 15.9 Å². The number of benzene rings is 3. The van der Waals surface area contributed by atoms with Gasteiger partial charge in [-0.25, -0.2) is 8.42 Å². The van der Waals surface area contributed by atoms with E-state index in [0.29, 0.717) is 22.9 Å². The normalized spacial score (nSPS) is 11.2. The van der Waals surface area contributed by atoms with Crippen molar-refractivity contribution in [1.29, 1.82) is 0 Å². The highest BCUT2D eigenvalue weighted by atomic mass is 32.2. The molecule has 3 aromatic rings. The van der Waals surface area contributed by atoms with Crippen LogP contribution in [0.3, 0.4) is 0 Å². The van der Waals surface area contributed by atoms with Crippen LogP contribution in [0.1, 0.15) is 5.56 Å². The van der Waals surface area contributed by atoms with Crippen LogP contribution in [0.2, 0.25) is 0 Å². The Kier molecular flexibility index (Phi) is 7.92. The molecule has 0 aromatic heterocycles. The molecule has 0 radical (unpaired) electrons. The summed E-state index contributed by atoms with van der Waals surface area (Å²) < 4.78 is 43.5. The standard InChI is InChI=1S/C24H26N2O6S/c1-30-20-10-12-21(13-11-20)33(28,29)26(16-18-7-5-4-6-8-18)17-24(27)25-19-9-14-22(31-2)23(15-19)32-3/h4-15H,16-17H2,1-3H3,(H,25,27). The monoisotopic (exact) mass is 470 g/mol. The number of methoxy groups -OCH3 is 3. The number of hydrogen-bond acceptors (Lipinski definition) is 6. The van der Waals surface area contributed by atoms with E-state index in [4.69, 9.17) is 14.2 Å². The number of anilines is 1. The summed E-state index contributed by atoms with van der Waals surface area (Å²) in [6.07, 6.45) is 0. The average molecular weight is 471 g/mol. The van der Waals surface area contributed by atoms with E-state index in [-0.39, 0.29) is 18.0 Å². The second kappa shape index (κ2) is 10.8. The highest BCUT2D eigenvalue weighted by Crippen LogP contribution is 2.30. The molecule has 1 N–H and O–H groups in total. The molecule has 0 bridgehead atoms. The first-order chi connectivity index (χ1) is 15.9. The number of nitrogens with one attached hydrogen (secondary N) is 1. The Bertz CT molecular complexity index is 1180. The highest BCUT2D eigenvalue weighted by molar-refractivity contribution is 7.89. The van der Waals surface area contributed by atoms with Crippen LogP contribution in [-0.2, 0) is 21.4 Å². The van der Waals surface area contributed by atoms with Crippen LogP contribution in [0, 0.1) is 0 Å². The van der Waals surface area contributed by atoms with E-state index in [9.17, 15) is 13.2 Å². The Balaban J connectivity index is 1.85. The van der Waals surface area contributed by atoms with Gasteiger partial charge in [0.25, 0.3) is 0 Å². The molecule has 0 atom stereocenters. The first-order valence-corrected chi connectivity index (χ1v) is 11.5. The van der Waals surface area contributed by atoms with Crippen molar-refractivity contribution in [3.05, 3.63) is 78.4 Å². The third-order valence-corrected chi connectivity index (χ3v) is 6.69. The molecular formula is C24H26N2O6S. The van der Waals surface area contributed by atoms with Crippen LogP contribution >= 0.6 is 0 Å². The Hall–Kier alpha value is -3.56. The van der Waals surface area contributed by atoms with Crippen molar-refractivity contribution >= 4 is 21.6 Å². The van der Waals surface area contributed by atoms with E-state index in [1.807, 2.05) is 30.3 Å². The van der Waals surface area contributed by atoms with E-state index in [1.54, 1.807) is 30.3 Å². The third kappa shape index (κ3) is 6.03. The van der Waals surface area contributed by atoms with Crippen LogP contribution in [0.25, 0.3) is 0 Å². The molecule has 174 valence electrons.